The van der Waals surface area contributed by atoms with Gasteiger partial charge in [-0.25, -0.2) is 8.42 Å². The molecular weight excluding hydrogens is 442 g/mol. The predicted octanol–water partition coefficient (Wildman–Crippen LogP) is 2.41. The van der Waals surface area contributed by atoms with Gasteiger partial charge in [0, 0.05) is 33.1 Å². The maximum absolute atomic E-state index is 13.0. The molecule has 2 aromatic carbocycles. The Bertz CT molecular complexity index is 1110. The molecule has 0 radical (unpaired) electrons. The Hall–Kier alpha value is -2.91. The molecule has 0 aromatic heterocycles. The first-order valence-electron chi connectivity index (χ1n) is 10.9. The molecule has 1 N–H and O–H groups in total. The molecule has 1 atom stereocenters. The molecule has 1 fully saturated rings. The maximum Gasteiger partial charge on any atom is 0.243 e. The van der Waals surface area contributed by atoms with Gasteiger partial charge in [-0.15, -0.1) is 0 Å². The summed E-state index contributed by atoms with van der Waals surface area (Å²) in [6.07, 6.45) is 0.0931. The van der Waals surface area contributed by atoms with Gasteiger partial charge in [0.05, 0.1) is 24.5 Å². The molecule has 1 heterocycles. The van der Waals surface area contributed by atoms with Crippen LogP contribution >= 0.6 is 0 Å². The maximum atomic E-state index is 13.0. The molecule has 0 saturated carbocycles. The number of piperazine rings is 1. The van der Waals surface area contributed by atoms with Crippen LogP contribution in [0.4, 0.5) is 0 Å². The first-order chi connectivity index (χ1) is 15.6. The van der Waals surface area contributed by atoms with Gasteiger partial charge < -0.3 is 15.0 Å². The summed E-state index contributed by atoms with van der Waals surface area (Å²) in [4.78, 5) is 26.6. The summed E-state index contributed by atoms with van der Waals surface area (Å²) >= 11 is 0. The number of carbonyl (C=O) groups excluding carboxylic acids is 2. The van der Waals surface area contributed by atoms with Gasteiger partial charge in [0.15, 0.2) is 0 Å². The fraction of sp³-hybridized carbons (Fsp3) is 0.417. The van der Waals surface area contributed by atoms with Gasteiger partial charge in [-0.05, 0) is 54.8 Å². The summed E-state index contributed by atoms with van der Waals surface area (Å²) in [5, 5.41) is 2.83. The van der Waals surface area contributed by atoms with Crippen molar-refractivity contribution < 1.29 is 22.7 Å². The SMILES string of the molecule is COc1ccc(C(CC(=O)N2CCN(S(=O)(=O)c3ccc(C)c(C)c3)CC2)NC(C)=O)cc1. The number of hydrogen-bond acceptors (Lipinski definition) is 5. The Morgan fingerprint density at radius 1 is 1.00 bits per heavy atom. The number of nitrogens with one attached hydrogen (secondary N) is 1. The first kappa shape index (κ1) is 24.7. The van der Waals surface area contributed by atoms with Crippen LogP contribution in [-0.2, 0) is 19.6 Å². The van der Waals surface area contributed by atoms with Crippen LogP contribution in [-0.4, -0.2) is 62.7 Å². The normalized spacial score (nSPS) is 15.7. The van der Waals surface area contributed by atoms with E-state index in [2.05, 4.69) is 5.32 Å². The fourth-order valence-electron chi connectivity index (χ4n) is 3.84. The highest BCUT2D eigenvalue weighted by molar-refractivity contribution is 7.89. The second-order valence-corrected chi connectivity index (χ2v) is 10.2. The van der Waals surface area contributed by atoms with Crippen molar-refractivity contribution >= 4 is 21.8 Å². The van der Waals surface area contributed by atoms with Gasteiger partial charge in [0.1, 0.15) is 5.75 Å². The first-order valence-corrected chi connectivity index (χ1v) is 12.3. The Labute approximate surface area is 195 Å². The summed E-state index contributed by atoms with van der Waals surface area (Å²) in [5.74, 6) is 0.327. The molecule has 0 bridgehead atoms. The number of carbonyl (C=O) groups is 2. The van der Waals surface area contributed by atoms with E-state index in [1.54, 1.807) is 36.3 Å². The topological polar surface area (TPSA) is 96.0 Å². The number of benzene rings is 2. The van der Waals surface area contributed by atoms with Crippen molar-refractivity contribution in [3.8, 4) is 5.75 Å². The lowest BCUT2D eigenvalue weighted by Gasteiger charge is -2.35. The zero-order valence-electron chi connectivity index (χ0n) is 19.5. The van der Waals surface area contributed by atoms with Crippen LogP contribution in [0.2, 0.25) is 0 Å². The van der Waals surface area contributed by atoms with Crippen LogP contribution in [0, 0.1) is 13.8 Å². The molecule has 0 spiro atoms. The number of methoxy groups -OCH3 is 1. The summed E-state index contributed by atoms with van der Waals surface area (Å²) in [6.45, 7) is 6.31. The number of ether oxygens (including phenoxy) is 1. The summed E-state index contributed by atoms with van der Waals surface area (Å²) in [7, 11) is -2.04. The lowest BCUT2D eigenvalue weighted by molar-refractivity contribution is -0.133. The van der Waals surface area contributed by atoms with Crippen LogP contribution in [0.5, 0.6) is 5.75 Å². The Balaban J connectivity index is 1.65. The summed E-state index contributed by atoms with van der Waals surface area (Å²) in [5.41, 5.74) is 2.76. The van der Waals surface area contributed by atoms with Gasteiger partial charge in [0.25, 0.3) is 0 Å². The van der Waals surface area contributed by atoms with E-state index in [1.165, 1.54) is 11.2 Å². The van der Waals surface area contributed by atoms with Crippen molar-refractivity contribution in [1.29, 1.82) is 0 Å². The molecule has 178 valence electrons. The smallest absolute Gasteiger partial charge is 0.243 e. The molecule has 1 saturated heterocycles. The lowest BCUT2D eigenvalue weighted by Crippen LogP contribution is -2.51. The molecule has 33 heavy (non-hydrogen) atoms. The van der Waals surface area contributed by atoms with Crippen molar-refractivity contribution in [2.75, 3.05) is 33.3 Å². The monoisotopic (exact) mass is 473 g/mol. The number of nitrogens with zero attached hydrogens (tertiary/aromatic N) is 2. The number of aryl methyl sites for hydroxylation is 2. The highest BCUT2D eigenvalue weighted by Crippen LogP contribution is 2.23. The number of amides is 2. The van der Waals surface area contributed by atoms with Crippen molar-refractivity contribution in [1.82, 2.24) is 14.5 Å². The molecule has 2 amide bonds. The third-order valence-corrected chi connectivity index (χ3v) is 7.88. The van der Waals surface area contributed by atoms with Gasteiger partial charge in [-0.1, -0.05) is 18.2 Å². The Morgan fingerprint density at radius 3 is 2.18 bits per heavy atom. The second-order valence-electron chi connectivity index (χ2n) is 8.26. The zero-order valence-corrected chi connectivity index (χ0v) is 20.3. The standard InChI is InChI=1S/C24H31N3O5S/c1-17-5-10-22(15-18(17)2)33(30,31)27-13-11-26(12-14-27)24(29)16-23(25-19(3)28)20-6-8-21(32-4)9-7-20/h5-10,15,23H,11-14,16H2,1-4H3,(H,25,28). The van der Waals surface area contributed by atoms with Crippen LogP contribution < -0.4 is 10.1 Å². The van der Waals surface area contributed by atoms with E-state index in [0.29, 0.717) is 18.8 Å². The molecule has 1 aliphatic heterocycles. The molecule has 2 aromatic rings. The van der Waals surface area contributed by atoms with E-state index in [1.807, 2.05) is 32.0 Å². The van der Waals surface area contributed by atoms with Gasteiger partial charge in [-0.2, -0.15) is 4.31 Å². The molecule has 3 rings (SSSR count). The van der Waals surface area contributed by atoms with Crippen LogP contribution in [0.3, 0.4) is 0 Å². The average Bonchev–Trinajstić information content (AvgIpc) is 2.80. The molecule has 9 heteroatoms. The molecule has 1 unspecified atom stereocenters. The predicted molar refractivity (Wildman–Crippen MR) is 125 cm³/mol. The minimum Gasteiger partial charge on any atom is -0.497 e. The summed E-state index contributed by atoms with van der Waals surface area (Å²) < 4.78 is 32.7. The van der Waals surface area contributed by atoms with Crippen LogP contribution in [0.1, 0.15) is 36.1 Å². The van der Waals surface area contributed by atoms with E-state index >= 15 is 0 Å². The van der Waals surface area contributed by atoms with Crippen molar-refractivity contribution in [3.05, 3.63) is 59.2 Å². The average molecular weight is 474 g/mol. The Morgan fingerprint density at radius 2 is 1.64 bits per heavy atom. The van der Waals surface area contributed by atoms with Crippen molar-refractivity contribution in [2.24, 2.45) is 0 Å². The van der Waals surface area contributed by atoms with Crippen LogP contribution in [0.15, 0.2) is 47.4 Å². The molecule has 0 aliphatic carbocycles. The number of hydrogen-bond donors (Lipinski definition) is 1. The highest BCUT2D eigenvalue weighted by Gasteiger charge is 2.31. The third-order valence-electron chi connectivity index (χ3n) is 5.98. The molecular formula is C24H31N3O5S. The molecule has 1 aliphatic rings. The van der Waals surface area contributed by atoms with Crippen molar-refractivity contribution in [2.45, 2.75) is 38.1 Å². The highest BCUT2D eigenvalue weighted by atomic mass is 32.2. The van der Waals surface area contributed by atoms with Crippen LogP contribution in [0.25, 0.3) is 0 Å². The van der Waals surface area contributed by atoms with Gasteiger partial charge >= 0.3 is 0 Å². The van der Waals surface area contributed by atoms with E-state index in [4.69, 9.17) is 4.74 Å². The number of rotatable bonds is 7. The van der Waals surface area contributed by atoms with E-state index in [-0.39, 0.29) is 36.2 Å². The van der Waals surface area contributed by atoms with E-state index in [9.17, 15) is 18.0 Å². The molecule has 8 nitrogen and oxygen atoms in total. The zero-order chi connectivity index (χ0) is 24.2. The van der Waals surface area contributed by atoms with Gasteiger partial charge in [-0.3, -0.25) is 9.59 Å². The third kappa shape index (κ3) is 5.91. The number of sulfonamides is 1. The van der Waals surface area contributed by atoms with E-state index < -0.39 is 16.1 Å². The second kappa shape index (κ2) is 10.4. The fourth-order valence-corrected chi connectivity index (χ4v) is 5.35. The van der Waals surface area contributed by atoms with Gasteiger partial charge in [0.2, 0.25) is 21.8 Å². The minimum atomic E-state index is -3.61. The minimum absolute atomic E-state index is 0.0931. The largest absolute Gasteiger partial charge is 0.497 e. The van der Waals surface area contributed by atoms with Crippen molar-refractivity contribution in [3.63, 3.8) is 0 Å². The lowest BCUT2D eigenvalue weighted by atomic mass is 10.0. The Kier molecular flexibility index (Phi) is 7.76. The van der Waals surface area contributed by atoms with E-state index in [0.717, 1.165) is 16.7 Å². The quantitative estimate of drug-likeness (QED) is 0.666. The summed E-state index contributed by atoms with van der Waals surface area (Å²) in [6, 6.07) is 11.9.